The average molecular weight is 374 g/mol. The molecule has 1 N–H and O–H groups in total. The molecule has 0 saturated carbocycles. The molecule has 0 aliphatic carbocycles. The summed E-state index contributed by atoms with van der Waals surface area (Å²) in [6.07, 6.45) is 2.33. The summed E-state index contributed by atoms with van der Waals surface area (Å²) < 4.78 is 7.53. The fraction of sp³-hybridized carbons (Fsp3) is 0.222. The van der Waals surface area contributed by atoms with Gasteiger partial charge in [0, 0.05) is 25.2 Å². The summed E-state index contributed by atoms with van der Waals surface area (Å²) in [4.78, 5) is 12.1. The molecule has 25 heavy (non-hydrogen) atoms. The predicted molar refractivity (Wildman–Crippen MR) is 98.4 cm³/mol. The van der Waals surface area contributed by atoms with Crippen LogP contribution in [0.5, 0.6) is 5.75 Å². The maximum Gasteiger partial charge on any atom is 0.271 e. The van der Waals surface area contributed by atoms with Gasteiger partial charge in [-0.3, -0.25) is 9.48 Å². The van der Waals surface area contributed by atoms with Crippen molar-refractivity contribution in [2.24, 2.45) is 7.05 Å². The van der Waals surface area contributed by atoms with Crippen LogP contribution in [0.3, 0.4) is 0 Å². The summed E-state index contributed by atoms with van der Waals surface area (Å²) in [6, 6.07) is 7.80. The Hall–Kier alpha value is -2.31. The van der Waals surface area contributed by atoms with Crippen molar-refractivity contribution in [3.05, 3.63) is 57.5 Å². The van der Waals surface area contributed by atoms with E-state index in [-0.39, 0.29) is 12.0 Å². The second kappa shape index (κ2) is 6.54. The number of nitrogens with one attached hydrogen (secondary N) is 1. The molecule has 5 nitrogen and oxygen atoms in total. The molecule has 2 aromatic heterocycles. The Kier molecular flexibility index (Phi) is 4.23. The predicted octanol–water partition coefficient (Wildman–Crippen LogP) is 3.54. The van der Waals surface area contributed by atoms with Gasteiger partial charge in [-0.25, -0.2) is 0 Å². The quantitative estimate of drug-likeness (QED) is 0.761. The van der Waals surface area contributed by atoms with Crippen molar-refractivity contribution < 1.29 is 9.53 Å². The van der Waals surface area contributed by atoms with Crippen molar-refractivity contribution in [3.8, 4) is 16.9 Å². The largest absolute Gasteiger partial charge is 0.486 e. The molecule has 0 saturated heterocycles. The van der Waals surface area contributed by atoms with E-state index in [0.29, 0.717) is 17.3 Å². The van der Waals surface area contributed by atoms with Gasteiger partial charge in [0.1, 0.15) is 17.5 Å². The van der Waals surface area contributed by atoms with Gasteiger partial charge in [-0.2, -0.15) is 16.4 Å². The lowest BCUT2D eigenvalue weighted by atomic mass is 10.0. The second-order valence-electron chi connectivity index (χ2n) is 5.99. The van der Waals surface area contributed by atoms with Gasteiger partial charge >= 0.3 is 0 Å². The molecule has 1 aliphatic heterocycles. The number of hydrogen-bond acceptors (Lipinski definition) is 4. The van der Waals surface area contributed by atoms with Gasteiger partial charge in [-0.05, 0) is 46.2 Å². The Labute approximate surface area is 154 Å². The third kappa shape index (κ3) is 3.27. The number of rotatable bonds is 4. The number of halogens is 1. The highest BCUT2D eigenvalue weighted by Crippen LogP contribution is 2.39. The summed E-state index contributed by atoms with van der Waals surface area (Å²) in [5, 5.41) is 11.7. The molecule has 128 valence electrons. The van der Waals surface area contributed by atoms with Crippen molar-refractivity contribution in [2.75, 3.05) is 6.54 Å². The van der Waals surface area contributed by atoms with Crippen LogP contribution in [0.1, 0.15) is 16.1 Å². The molecule has 0 radical (unpaired) electrons. The second-order valence-corrected chi connectivity index (χ2v) is 7.17. The SMILES string of the molecule is Cn1ccc(C(=O)NC[C@@H]2Cc3cc(-c4ccsc4)cc(Cl)c3O2)n1. The van der Waals surface area contributed by atoms with Crippen LogP contribution in [-0.4, -0.2) is 28.3 Å². The zero-order valence-electron chi connectivity index (χ0n) is 13.5. The monoisotopic (exact) mass is 373 g/mol. The van der Waals surface area contributed by atoms with Crippen molar-refractivity contribution in [3.63, 3.8) is 0 Å². The molecule has 3 heterocycles. The number of aryl methyl sites for hydroxylation is 1. The summed E-state index contributed by atoms with van der Waals surface area (Å²) in [5.74, 6) is 0.517. The number of carbonyl (C=O) groups is 1. The topological polar surface area (TPSA) is 56.2 Å². The van der Waals surface area contributed by atoms with Gasteiger partial charge in [0.05, 0.1) is 11.6 Å². The summed E-state index contributed by atoms with van der Waals surface area (Å²) in [6.45, 7) is 0.411. The molecule has 1 aromatic carbocycles. The third-order valence-corrected chi connectivity index (χ3v) is 5.11. The van der Waals surface area contributed by atoms with E-state index in [9.17, 15) is 4.79 Å². The van der Waals surface area contributed by atoms with Crippen molar-refractivity contribution in [2.45, 2.75) is 12.5 Å². The fourth-order valence-corrected chi connectivity index (χ4v) is 3.88. The summed E-state index contributed by atoms with van der Waals surface area (Å²) in [7, 11) is 1.78. The minimum absolute atomic E-state index is 0.127. The number of nitrogens with zero attached hydrogens (tertiary/aromatic N) is 2. The van der Waals surface area contributed by atoms with Gasteiger partial charge < -0.3 is 10.1 Å². The number of fused-ring (bicyclic) bond motifs is 1. The maximum absolute atomic E-state index is 12.1. The van der Waals surface area contributed by atoms with Crippen molar-refractivity contribution in [1.82, 2.24) is 15.1 Å². The highest BCUT2D eigenvalue weighted by molar-refractivity contribution is 7.08. The van der Waals surface area contributed by atoms with Gasteiger partial charge in [0.2, 0.25) is 0 Å². The zero-order chi connectivity index (χ0) is 17.4. The van der Waals surface area contributed by atoms with Crippen molar-refractivity contribution >= 4 is 28.8 Å². The first-order chi connectivity index (χ1) is 12.1. The number of benzene rings is 1. The molecule has 1 amide bonds. The average Bonchev–Trinajstić information content (AvgIpc) is 3.32. The zero-order valence-corrected chi connectivity index (χ0v) is 15.1. The lowest BCUT2D eigenvalue weighted by Crippen LogP contribution is -2.34. The molecular formula is C18H16ClN3O2S. The van der Waals surface area contributed by atoms with Gasteiger partial charge in [-0.15, -0.1) is 0 Å². The number of hydrogen-bond donors (Lipinski definition) is 1. The standard InChI is InChI=1S/C18H16ClN3O2S/c1-22-4-2-16(21-22)18(23)20-9-14-7-13-6-12(11-3-5-25-10-11)8-15(19)17(13)24-14/h2-6,8,10,14H,7,9H2,1H3,(H,20,23)/t14-/m0/s1. The fourth-order valence-electron chi connectivity index (χ4n) is 2.93. The molecule has 3 aromatic rings. The molecule has 1 aliphatic rings. The Morgan fingerprint density at radius 2 is 2.32 bits per heavy atom. The molecule has 1 atom stereocenters. The van der Waals surface area contributed by atoms with E-state index in [2.05, 4.69) is 27.9 Å². The molecule has 7 heteroatoms. The first kappa shape index (κ1) is 16.2. The molecule has 0 spiro atoms. The van der Waals surface area contributed by atoms with Crippen LogP contribution >= 0.6 is 22.9 Å². The number of ether oxygens (including phenoxy) is 1. The maximum atomic E-state index is 12.1. The Morgan fingerprint density at radius 3 is 3.04 bits per heavy atom. The molecular weight excluding hydrogens is 358 g/mol. The van der Waals surface area contributed by atoms with Crippen LogP contribution in [0.2, 0.25) is 5.02 Å². The number of amides is 1. The lowest BCUT2D eigenvalue weighted by Gasteiger charge is -2.11. The van der Waals surface area contributed by atoms with E-state index >= 15 is 0 Å². The van der Waals surface area contributed by atoms with Gasteiger partial charge in [0.15, 0.2) is 0 Å². The first-order valence-electron chi connectivity index (χ1n) is 7.89. The number of thiophene rings is 1. The van der Waals surface area contributed by atoms with Crippen LogP contribution in [0.25, 0.3) is 11.1 Å². The normalized spacial score (nSPS) is 15.7. The Bertz CT molecular complexity index is 921. The van der Waals surface area contributed by atoms with Crippen LogP contribution in [0.4, 0.5) is 0 Å². The number of aromatic nitrogens is 2. The third-order valence-electron chi connectivity index (χ3n) is 4.14. The summed E-state index contributed by atoms with van der Waals surface area (Å²) in [5.41, 5.74) is 3.72. The molecule has 0 unspecified atom stereocenters. The Morgan fingerprint density at radius 1 is 1.44 bits per heavy atom. The van der Waals surface area contributed by atoms with E-state index in [1.807, 2.05) is 11.4 Å². The smallest absolute Gasteiger partial charge is 0.271 e. The van der Waals surface area contributed by atoms with Gasteiger partial charge in [0.25, 0.3) is 5.91 Å². The van der Waals surface area contributed by atoms with E-state index in [0.717, 1.165) is 28.9 Å². The lowest BCUT2D eigenvalue weighted by molar-refractivity contribution is 0.0928. The molecule has 0 fully saturated rings. The van der Waals surface area contributed by atoms with E-state index < -0.39 is 0 Å². The summed E-state index contributed by atoms with van der Waals surface area (Å²) >= 11 is 8.05. The first-order valence-corrected chi connectivity index (χ1v) is 9.22. The minimum atomic E-state index is -0.204. The highest BCUT2D eigenvalue weighted by Gasteiger charge is 2.26. The van der Waals surface area contributed by atoms with Crippen LogP contribution < -0.4 is 10.1 Å². The Balaban J connectivity index is 1.44. The van der Waals surface area contributed by atoms with Crippen LogP contribution in [-0.2, 0) is 13.5 Å². The number of carbonyl (C=O) groups excluding carboxylic acids is 1. The minimum Gasteiger partial charge on any atom is -0.486 e. The molecule has 4 rings (SSSR count). The van der Waals surface area contributed by atoms with E-state index in [1.165, 1.54) is 0 Å². The van der Waals surface area contributed by atoms with E-state index in [4.69, 9.17) is 16.3 Å². The van der Waals surface area contributed by atoms with Crippen LogP contribution in [0, 0.1) is 0 Å². The molecule has 0 bridgehead atoms. The highest BCUT2D eigenvalue weighted by atomic mass is 35.5. The van der Waals surface area contributed by atoms with Gasteiger partial charge in [-0.1, -0.05) is 11.6 Å². The van der Waals surface area contributed by atoms with Crippen LogP contribution in [0.15, 0.2) is 41.2 Å². The van der Waals surface area contributed by atoms with Crippen molar-refractivity contribution in [1.29, 1.82) is 0 Å². The van der Waals surface area contributed by atoms with E-state index in [1.54, 1.807) is 35.3 Å².